The standard InChI is InChI=1S/C18H21FN4O2/c1-12-4-2-5-14(19)15(12)17(24)22-8-3-9-23(11-10-22)18-20-16(25-21-18)13-6-7-13/h2,4-5,13H,3,6-11H2,1H3. The Morgan fingerprint density at radius 2 is 2.08 bits per heavy atom. The van der Waals surface area contributed by atoms with Crippen molar-refractivity contribution in [3.05, 3.63) is 41.0 Å². The SMILES string of the molecule is Cc1cccc(F)c1C(=O)N1CCCN(c2noc(C3CC3)n2)CC1. The summed E-state index contributed by atoms with van der Waals surface area (Å²) in [5, 5.41) is 4.08. The van der Waals surface area contributed by atoms with Crippen molar-refractivity contribution in [3.8, 4) is 0 Å². The van der Waals surface area contributed by atoms with Crippen molar-refractivity contribution in [3.63, 3.8) is 0 Å². The number of carbonyl (C=O) groups excluding carboxylic acids is 1. The van der Waals surface area contributed by atoms with E-state index in [1.807, 2.05) is 4.90 Å². The third-order valence-corrected chi connectivity index (χ3v) is 4.86. The topological polar surface area (TPSA) is 62.5 Å². The summed E-state index contributed by atoms with van der Waals surface area (Å²) in [6.45, 7) is 4.24. The predicted octanol–water partition coefficient (Wildman–Crippen LogP) is 2.75. The van der Waals surface area contributed by atoms with Crippen LogP contribution in [0.5, 0.6) is 0 Å². The molecule has 132 valence electrons. The van der Waals surface area contributed by atoms with E-state index in [-0.39, 0.29) is 11.5 Å². The number of hydrogen-bond acceptors (Lipinski definition) is 5. The number of benzene rings is 1. The lowest BCUT2D eigenvalue weighted by atomic mass is 10.1. The molecule has 1 aromatic heterocycles. The van der Waals surface area contributed by atoms with Crippen LogP contribution in [-0.4, -0.2) is 47.1 Å². The summed E-state index contributed by atoms with van der Waals surface area (Å²) >= 11 is 0. The van der Waals surface area contributed by atoms with Crippen molar-refractivity contribution in [1.29, 1.82) is 0 Å². The Kier molecular flexibility index (Phi) is 4.15. The molecule has 0 radical (unpaired) electrons. The minimum absolute atomic E-state index is 0.173. The van der Waals surface area contributed by atoms with Gasteiger partial charge in [0.15, 0.2) is 0 Å². The molecule has 2 heterocycles. The molecule has 1 aromatic carbocycles. The number of hydrogen-bond donors (Lipinski definition) is 0. The molecular formula is C18H21FN4O2. The van der Waals surface area contributed by atoms with Crippen molar-refractivity contribution >= 4 is 11.9 Å². The van der Waals surface area contributed by atoms with Crippen molar-refractivity contribution in [2.75, 3.05) is 31.1 Å². The fourth-order valence-electron chi connectivity index (χ4n) is 3.23. The molecule has 1 saturated carbocycles. The summed E-state index contributed by atoms with van der Waals surface area (Å²) in [7, 11) is 0. The minimum Gasteiger partial charge on any atom is -0.337 e. The van der Waals surface area contributed by atoms with E-state index in [1.165, 1.54) is 6.07 Å². The maximum atomic E-state index is 14.1. The number of aryl methyl sites for hydroxylation is 1. The van der Waals surface area contributed by atoms with E-state index in [0.717, 1.165) is 25.8 Å². The molecule has 0 bridgehead atoms. The molecule has 7 heteroatoms. The van der Waals surface area contributed by atoms with Gasteiger partial charge in [-0.2, -0.15) is 4.98 Å². The summed E-state index contributed by atoms with van der Waals surface area (Å²) in [5.74, 6) is 1.03. The normalized spacial score (nSPS) is 18.3. The van der Waals surface area contributed by atoms with E-state index >= 15 is 0 Å². The number of anilines is 1. The van der Waals surface area contributed by atoms with Gasteiger partial charge in [0.2, 0.25) is 5.89 Å². The molecule has 1 aliphatic heterocycles. The molecule has 1 saturated heterocycles. The average molecular weight is 344 g/mol. The van der Waals surface area contributed by atoms with Gasteiger partial charge in [0.05, 0.1) is 5.56 Å². The molecule has 25 heavy (non-hydrogen) atoms. The Balaban J connectivity index is 1.46. The lowest BCUT2D eigenvalue weighted by molar-refractivity contribution is 0.0761. The molecule has 1 aliphatic carbocycles. The highest BCUT2D eigenvalue weighted by atomic mass is 19.1. The van der Waals surface area contributed by atoms with Gasteiger partial charge in [-0.3, -0.25) is 4.79 Å². The number of rotatable bonds is 3. The van der Waals surface area contributed by atoms with Crippen LogP contribution >= 0.6 is 0 Å². The van der Waals surface area contributed by atoms with E-state index in [0.29, 0.717) is 43.0 Å². The van der Waals surface area contributed by atoms with E-state index in [2.05, 4.69) is 10.1 Å². The van der Waals surface area contributed by atoms with E-state index in [1.54, 1.807) is 24.0 Å². The maximum absolute atomic E-state index is 14.1. The number of amides is 1. The quantitative estimate of drug-likeness (QED) is 0.857. The van der Waals surface area contributed by atoms with Crippen LogP contribution in [0.1, 0.15) is 47.0 Å². The second kappa shape index (κ2) is 6.46. The molecule has 1 amide bonds. The highest BCUT2D eigenvalue weighted by Gasteiger charge is 2.31. The van der Waals surface area contributed by atoms with Crippen molar-refractivity contribution in [1.82, 2.24) is 15.0 Å². The summed E-state index contributed by atoms with van der Waals surface area (Å²) in [5.41, 5.74) is 0.838. The fourth-order valence-corrected chi connectivity index (χ4v) is 3.23. The zero-order valence-electron chi connectivity index (χ0n) is 14.2. The second-order valence-corrected chi connectivity index (χ2v) is 6.77. The Bertz CT molecular complexity index is 767. The number of carbonyl (C=O) groups is 1. The van der Waals surface area contributed by atoms with Crippen LogP contribution in [0.2, 0.25) is 0 Å². The zero-order chi connectivity index (χ0) is 17.4. The van der Waals surface area contributed by atoms with Crippen LogP contribution in [0.25, 0.3) is 0 Å². The van der Waals surface area contributed by atoms with Crippen molar-refractivity contribution < 1.29 is 13.7 Å². The Labute approximate surface area is 145 Å². The van der Waals surface area contributed by atoms with Crippen LogP contribution < -0.4 is 4.90 Å². The van der Waals surface area contributed by atoms with Crippen LogP contribution in [0, 0.1) is 12.7 Å². The molecule has 2 fully saturated rings. The van der Waals surface area contributed by atoms with Gasteiger partial charge < -0.3 is 14.3 Å². The van der Waals surface area contributed by atoms with E-state index < -0.39 is 5.82 Å². The fraction of sp³-hybridized carbons (Fsp3) is 0.500. The maximum Gasteiger partial charge on any atom is 0.266 e. The van der Waals surface area contributed by atoms with Gasteiger partial charge in [0.1, 0.15) is 5.82 Å². The highest BCUT2D eigenvalue weighted by molar-refractivity contribution is 5.96. The van der Waals surface area contributed by atoms with Gasteiger partial charge in [-0.1, -0.05) is 12.1 Å². The van der Waals surface area contributed by atoms with Gasteiger partial charge in [0, 0.05) is 32.1 Å². The molecule has 0 atom stereocenters. The lowest BCUT2D eigenvalue weighted by Crippen LogP contribution is -2.36. The Morgan fingerprint density at radius 1 is 1.24 bits per heavy atom. The number of aromatic nitrogens is 2. The van der Waals surface area contributed by atoms with Crippen molar-refractivity contribution in [2.24, 2.45) is 0 Å². The van der Waals surface area contributed by atoms with Gasteiger partial charge >= 0.3 is 0 Å². The van der Waals surface area contributed by atoms with Crippen LogP contribution in [0.4, 0.5) is 10.3 Å². The highest BCUT2D eigenvalue weighted by Crippen LogP contribution is 2.39. The molecule has 0 spiro atoms. The van der Waals surface area contributed by atoms with Crippen molar-refractivity contribution in [2.45, 2.75) is 32.1 Å². The molecule has 4 rings (SSSR count). The van der Waals surface area contributed by atoms with Crippen LogP contribution in [0.3, 0.4) is 0 Å². The lowest BCUT2D eigenvalue weighted by Gasteiger charge is -2.22. The average Bonchev–Trinajstić information content (AvgIpc) is 3.37. The first-order valence-electron chi connectivity index (χ1n) is 8.76. The number of halogens is 1. The van der Waals surface area contributed by atoms with E-state index in [9.17, 15) is 9.18 Å². The Hall–Kier alpha value is -2.44. The molecule has 0 unspecified atom stereocenters. The molecule has 2 aliphatic rings. The summed E-state index contributed by atoms with van der Waals surface area (Å²) in [4.78, 5) is 21.0. The van der Waals surface area contributed by atoms with Crippen LogP contribution in [0.15, 0.2) is 22.7 Å². The summed E-state index contributed by atoms with van der Waals surface area (Å²) in [6, 6.07) is 4.72. The summed E-state index contributed by atoms with van der Waals surface area (Å²) < 4.78 is 19.4. The second-order valence-electron chi connectivity index (χ2n) is 6.77. The van der Waals surface area contributed by atoms with Gasteiger partial charge in [-0.15, -0.1) is 0 Å². The minimum atomic E-state index is -0.460. The zero-order valence-corrected chi connectivity index (χ0v) is 14.2. The van der Waals surface area contributed by atoms with Gasteiger partial charge in [-0.25, -0.2) is 4.39 Å². The monoisotopic (exact) mass is 344 g/mol. The molecule has 0 N–H and O–H groups in total. The van der Waals surface area contributed by atoms with Gasteiger partial charge in [0.25, 0.3) is 11.9 Å². The first-order chi connectivity index (χ1) is 12.1. The number of nitrogens with zero attached hydrogens (tertiary/aromatic N) is 4. The molecular weight excluding hydrogens is 323 g/mol. The van der Waals surface area contributed by atoms with Crippen LogP contribution in [-0.2, 0) is 0 Å². The first-order valence-corrected chi connectivity index (χ1v) is 8.76. The Morgan fingerprint density at radius 3 is 2.84 bits per heavy atom. The summed E-state index contributed by atoms with van der Waals surface area (Å²) in [6.07, 6.45) is 3.02. The third kappa shape index (κ3) is 3.23. The molecule has 6 nitrogen and oxygen atoms in total. The largest absolute Gasteiger partial charge is 0.337 e. The van der Waals surface area contributed by atoms with Gasteiger partial charge in [-0.05, 0) is 43.0 Å². The predicted molar refractivity (Wildman–Crippen MR) is 90.1 cm³/mol. The first kappa shape index (κ1) is 16.1. The van der Waals surface area contributed by atoms with E-state index in [4.69, 9.17) is 4.52 Å². The smallest absolute Gasteiger partial charge is 0.266 e. The molecule has 2 aromatic rings. The third-order valence-electron chi connectivity index (χ3n) is 4.86.